The lowest BCUT2D eigenvalue weighted by molar-refractivity contribution is 0.0976. The van der Waals surface area contributed by atoms with Gasteiger partial charge in [0.2, 0.25) is 0 Å². The van der Waals surface area contributed by atoms with Gasteiger partial charge in [-0.15, -0.1) is 24.8 Å². The van der Waals surface area contributed by atoms with Crippen LogP contribution in [0.5, 0.6) is 0 Å². The molecule has 0 fully saturated rings. The largest absolute Gasteiger partial charge is 0.382 e. The molecule has 0 bridgehead atoms. The highest BCUT2D eigenvalue weighted by atomic mass is 35.5. The summed E-state index contributed by atoms with van der Waals surface area (Å²) in [5, 5.41) is 12.9. The highest BCUT2D eigenvalue weighted by Gasteiger charge is 2.20. The van der Waals surface area contributed by atoms with Crippen molar-refractivity contribution in [3.8, 4) is 34.0 Å². The first-order valence-electron chi connectivity index (χ1n) is 10.8. The van der Waals surface area contributed by atoms with Crippen LogP contribution in [0.4, 0.5) is 5.82 Å². The molecule has 2 aromatic carbocycles. The summed E-state index contributed by atoms with van der Waals surface area (Å²) in [6.45, 7) is 3.26. The van der Waals surface area contributed by atoms with E-state index in [1.807, 2.05) is 0 Å². The number of nitrogens with zero attached hydrogens (tertiary/aromatic N) is 3. The number of rotatable bonds is 6. The van der Waals surface area contributed by atoms with Crippen molar-refractivity contribution >= 4 is 52.3 Å². The number of guanidine groups is 1. The average molecular weight is 578 g/mol. The van der Waals surface area contributed by atoms with E-state index in [1.165, 1.54) is 18.3 Å². The molecule has 4 rings (SSSR count). The zero-order chi connectivity index (χ0) is 26.0. The Labute approximate surface area is 231 Å². The van der Waals surface area contributed by atoms with Crippen molar-refractivity contribution in [2.24, 2.45) is 5.73 Å². The van der Waals surface area contributed by atoms with Gasteiger partial charge in [0.1, 0.15) is 5.69 Å². The molecule has 0 atom stereocenters. The third-order valence-electron chi connectivity index (χ3n) is 5.33. The molecule has 0 unspecified atom stereocenters. The monoisotopic (exact) mass is 577 g/mol. The minimum absolute atomic E-state index is 0. The molecule has 0 aliphatic rings. The van der Waals surface area contributed by atoms with Crippen LogP contribution >= 0.6 is 24.8 Å². The highest BCUT2D eigenvalue weighted by molar-refractivity contribution is 7.92. The van der Waals surface area contributed by atoms with E-state index in [1.54, 1.807) is 56.3 Å². The van der Waals surface area contributed by atoms with E-state index in [0.717, 1.165) is 0 Å². The number of sulfone groups is 1. The summed E-state index contributed by atoms with van der Waals surface area (Å²) in [4.78, 5) is 20.9. The molecule has 38 heavy (non-hydrogen) atoms. The van der Waals surface area contributed by atoms with E-state index >= 15 is 0 Å². The smallest absolute Gasteiger partial charge is 0.257 e. The van der Waals surface area contributed by atoms with Crippen LogP contribution in [0.2, 0.25) is 0 Å². The van der Waals surface area contributed by atoms with Crippen molar-refractivity contribution in [3.05, 3.63) is 66.4 Å². The maximum atomic E-state index is 12.4. The Morgan fingerprint density at radius 3 is 2.16 bits per heavy atom. The Morgan fingerprint density at radius 2 is 1.58 bits per heavy atom. The molecular weight excluding hydrogens is 553 g/mol. The lowest BCUT2D eigenvalue weighted by Crippen LogP contribution is -2.35. The molecular formula is C24H25Cl2N7O4S. The first-order chi connectivity index (χ1) is 17.1. The molecule has 14 heteroatoms. The second kappa shape index (κ2) is 12.0. The van der Waals surface area contributed by atoms with Gasteiger partial charge in [-0.1, -0.05) is 29.4 Å². The van der Waals surface area contributed by atoms with Crippen molar-refractivity contribution in [2.45, 2.75) is 24.0 Å². The van der Waals surface area contributed by atoms with Crippen LogP contribution in [0.15, 0.2) is 70.2 Å². The van der Waals surface area contributed by atoms with Gasteiger partial charge in [0.25, 0.3) is 5.91 Å². The number of carbonyl (C=O) groups is 1. The van der Waals surface area contributed by atoms with E-state index in [0.29, 0.717) is 28.1 Å². The molecule has 0 saturated carbocycles. The van der Waals surface area contributed by atoms with Crippen LogP contribution in [0.3, 0.4) is 0 Å². The van der Waals surface area contributed by atoms with Gasteiger partial charge in [0.05, 0.1) is 22.0 Å². The number of hydrogen-bond acceptors (Lipinski definition) is 9. The SMILES string of the molecule is CC(C)S(=O)(=O)c1ccc(-c2cnc(N)c(-c3cc(-c4ccc(C(=O)NC(=N)N)cc4)no3)n2)cc1.Cl.Cl. The fourth-order valence-corrected chi connectivity index (χ4v) is 4.38. The molecule has 0 aliphatic heterocycles. The van der Waals surface area contributed by atoms with Crippen molar-refractivity contribution in [1.29, 1.82) is 5.41 Å². The molecule has 200 valence electrons. The highest BCUT2D eigenvalue weighted by Crippen LogP contribution is 2.30. The summed E-state index contributed by atoms with van der Waals surface area (Å²) >= 11 is 0. The number of halogens is 2. The standard InChI is InChI=1S/C24H23N7O4S.2ClH/c1-13(2)36(33,34)17-9-7-15(8-10-17)19-12-28-22(25)21(29-19)20-11-18(31-35-20)14-3-5-16(6-4-14)23(32)30-24(26)27;;/h3-13H,1-2H3,(H2,25,28)(H4,26,27,30,32);2*1H. The first-order valence-corrected chi connectivity index (χ1v) is 12.3. The van der Waals surface area contributed by atoms with Crippen molar-refractivity contribution in [3.63, 3.8) is 0 Å². The van der Waals surface area contributed by atoms with Crippen LogP contribution in [0.25, 0.3) is 34.0 Å². The Morgan fingerprint density at radius 1 is 1.00 bits per heavy atom. The maximum Gasteiger partial charge on any atom is 0.257 e. The van der Waals surface area contributed by atoms with E-state index in [9.17, 15) is 13.2 Å². The first kappa shape index (κ1) is 30.2. The van der Waals surface area contributed by atoms with E-state index < -0.39 is 27.0 Å². The van der Waals surface area contributed by atoms with Gasteiger partial charge in [-0.2, -0.15) is 0 Å². The normalized spacial score (nSPS) is 10.8. The summed E-state index contributed by atoms with van der Waals surface area (Å²) in [7, 11) is -3.39. The quantitative estimate of drug-likeness (QED) is 0.195. The number of aromatic nitrogens is 3. The lowest BCUT2D eigenvalue weighted by atomic mass is 10.1. The number of carbonyl (C=O) groups excluding carboxylic acids is 1. The second-order valence-corrected chi connectivity index (χ2v) is 10.6. The Kier molecular flexibility index (Phi) is 9.57. The average Bonchev–Trinajstić information content (AvgIpc) is 3.34. The third-order valence-corrected chi connectivity index (χ3v) is 7.51. The predicted octanol–water partition coefficient (Wildman–Crippen LogP) is 3.70. The van der Waals surface area contributed by atoms with E-state index in [2.05, 4.69) is 20.4 Å². The van der Waals surface area contributed by atoms with Gasteiger partial charge in [-0.3, -0.25) is 15.5 Å². The third kappa shape index (κ3) is 6.28. The summed E-state index contributed by atoms with van der Waals surface area (Å²) in [5.74, 6) is -0.516. The summed E-state index contributed by atoms with van der Waals surface area (Å²) in [6.07, 6.45) is 1.49. The zero-order valence-corrected chi connectivity index (χ0v) is 22.7. The van der Waals surface area contributed by atoms with Gasteiger partial charge in [0.15, 0.2) is 33.1 Å². The lowest BCUT2D eigenvalue weighted by Gasteiger charge is -2.09. The van der Waals surface area contributed by atoms with Gasteiger partial charge in [0, 0.05) is 22.8 Å². The Balaban J connectivity index is 0.00000253. The van der Waals surface area contributed by atoms with Gasteiger partial charge in [-0.25, -0.2) is 18.4 Å². The van der Waals surface area contributed by atoms with E-state index in [4.69, 9.17) is 21.4 Å². The number of amides is 1. The van der Waals surface area contributed by atoms with Crippen LogP contribution < -0.4 is 16.8 Å². The van der Waals surface area contributed by atoms with Crippen molar-refractivity contribution in [1.82, 2.24) is 20.4 Å². The maximum absolute atomic E-state index is 12.4. The minimum Gasteiger partial charge on any atom is -0.382 e. The Bertz CT molecular complexity index is 1560. The number of hydrogen-bond donors (Lipinski definition) is 4. The second-order valence-electron chi connectivity index (χ2n) is 8.13. The summed E-state index contributed by atoms with van der Waals surface area (Å²) < 4.78 is 30.2. The molecule has 2 heterocycles. The van der Waals surface area contributed by atoms with Crippen LogP contribution in [0, 0.1) is 5.41 Å². The fourth-order valence-electron chi connectivity index (χ4n) is 3.32. The number of benzene rings is 2. The van der Waals surface area contributed by atoms with Crippen LogP contribution in [-0.4, -0.2) is 40.7 Å². The van der Waals surface area contributed by atoms with Crippen molar-refractivity contribution in [2.75, 3.05) is 5.73 Å². The summed E-state index contributed by atoms with van der Waals surface area (Å²) in [5.41, 5.74) is 14.1. The van der Waals surface area contributed by atoms with Crippen LogP contribution in [-0.2, 0) is 9.84 Å². The van der Waals surface area contributed by atoms with Crippen molar-refractivity contribution < 1.29 is 17.7 Å². The zero-order valence-electron chi connectivity index (χ0n) is 20.2. The molecule has 2 aromatic heterocycles. The van der Waals surface area contributed by atoms with Crippen LogP contribution in [0.1, 0.15) is 24.2 Å². The molecule has 0 aliphatic carbocycles. The molecule has 0 saturated heterocycles. The number of anilines is 1. The van der Waals surface area contributed by atoms with Gasteiger partial charge in [-0.05, 0) is 38.1 Å². The fraction of sp³-hybridized carbons (Fsp3) is 0.125. The molecule has 11 nitrogen and oxygen atoms in total. The predicted molar refractivity (Wildman–Crippen MR) is 149 cm³/mol. The number of nitrogens with two attached hydrogens (primary N) is 2. The number of nitrogen functional groups attached to an aromatic ring is 1. The number of nitrogens with one attached hydrogen (secondary N) is 2. The molecule has 0 radical (unpaired) electrons. The topological polar surface area (TPSA) is 191 Å². The molecule has 0 spiro atoms. The van der Waals surface area contributed by atoms with E-state index in [-0.39, 0.29) is 47.0 Å². The minimum atomic E-state index is -3.39. The molecule has 1 amide bonds. The summed E-state index contributed by atoms with van der Waals surface area (Å²) in [6, 6.07) is 14.5. The molecule has 4 aromatic rings. The molecule has 6 N–H and O–H groups in total. The Hall–Kier alpha value is -4.00. The van der Waals surface area contributed by atoms with Gasteiger partial charge < -0.3 is 16.0 Å². The van der Waals surface area contributed by atoms with Gasteiger partial charge >= 0.3 is 0 Å².